The molecular weight excluding hydrogens is 377 g/mol. The number of allylic oxidation sites excluding steroid dienone is 4. The maximum atomic E-state index is 3.52. The SMILES string of the molecule is CP(C)CC(C)(C1=[C-]CC=C1)c1ccccc1.Cl.Cl.Cl.[Ti]. The van der Waals surface area contributed by atoms with Gasteiger partial charge >= 0.3 is 0 Å². The Morgan fingerprint density at radius 2 is 1.67 bits per heavy atom. The van der Waals surface area contributed by atoms with Crippen LogP contribution in [0.4, 0.5) is 0 Å². The van der Waals surface area contributed by atoms with Crippen LogP contribution in [0, 0.1) is 6.08 Å². The molecule has 0 saturated carbocycles. The first-order valence-electron chi connectivity index (χ1n) is 6.11. The van der Waals surface area contributed by atoms with Crippen molar-refractivity contribution in [3.63, 3.8) is 0 Å². The number of rotatable bonds is 4. The molecule has 1 aliphatic carbocycles. The first-order chi connectivity index (χ1) is 8.13. The molecule has 5 heteroatoms. The molecule has 0 amide bonds. The Balaban J connectivity index is -0.000000810. The van der Waals surface area contributed by atoms with Gasteiger partial charge in [-0.2, -0.15) is 6.08 Å². The Morgan fingerprint density at radius 3 is 2.10 bits per heavy atom. The van der Waals surface area contributed by atoms with Crippen molar-refractivity contribution in [3.05, 3.63) is 59.7 Å². The predicted octanol–water partition coefficient (Wildman–Crippen LogP) is 5.64. The first kappa shape index (κ1) is 26.6. The molecule has 1 aromatic rings. The van der Waals surface area contributed by atoms with E-state index in [9.17, 15) is 0 Å². The van der Waals surface area contributed by atoms with Gasteiger partial charge in [0.25, 0.3) is 0 Å². The van der Waals surface area contributed by atoms with Crippen LogP contribution < -0.4 is 0 Å². The summed E-state index contributed by atoms with van der Waals surface area (Å²) in [6, 6.07) is 10.9. The van der Waals surface area contributed by atoms with Crippen molar-refractivity contribution in [2.24, 2.45) is 0 Å². The molecule has 0 saturated heterocycles. The van der Waals surface area contributed by atoms with Crippen LogP contribution in [-0.2, 0) is 27.1 Å². The number of hydrogen-bond acceptors (Lipinski definition) is 0. The molecule has 118 valence electrons. The Labute approximate surface area is 164 Å². The maximum Gasteiger partial charge on any atom is 0 e. The van der Waals surface area contributed by atoms with Gasteiger partial charge in [0, 0.05) is 21.7 Å². The fourth-order valence-corrected chi connectivity index (χ4v) is 4.17. The molecule has 1 aromatic carbocycles. The van der Waals surface area contributed by atoms with Crippen molar-refractivity contribution in [1.29, 1.82) is 0 Å². The largest absolute Gasteiger partial charge is 0.269 e. The number of halogens is 3. The van der Waals surface area contributed by atoms with Gasteiger partial charge in [-0.15, -0.1) is 51.6 Å². The smallest absolute Gasteiger partial charge is 0 e. The molecule has 1 unspecified atom stereocenters. The molecule has 0 heterocycles. The van der Waals surface area contributed by atoms with Gasteiger partial charge < -0.3 is 0 Å². The zero-order chi connectivity index (χ0) is 12.3. The van der Waals surface area contributed by atoms with Crippen molar-refractivity contribution in [2.45, 2.75) is 18.8 Å². The van der Waals surface area contributed by atoms with Gasteiger partial charge in [0.1, 0.15) is 0 Å². The molecule has 0 radical (unpaired) electrons. The fraction of sp³-hybridized carbons (Fsp3) is 0.375. The molecule has 21 heavy (non-hydrogen) atoms. The molecule has 1 atom stereocenters. The second-order valence-corrected chi connectivity index (χ2v) is 7.61. The van der Waals surface area contributed by atoms with Gasteiger partial charge in [-0.25, -0.2) is 11.6 Å². The molecule has 2 rings (SSSR count). The Kier molecular flexibility index (Phi) is 15.4. The average Bonchev–Trinajstić information content (AvgIpc) is 2.83. The molecule has 0 nitrogen and oxygen atoms in total. The predicted molar refractivity (Wildman–Crippen MR) is 99.7 cm³/mol. The maximum absolute atomic E-state index is 3.52. The summed E-state index contributed by atoms with van der Waals surface area (Å²) in [6.07, 6.45) is 10.2. The molecule has 0 spiro atoms. The molecular formula is C16H23Cl3PTi-. The topological polar surface area (TPSA) is 0 Å². The van der Waals surface area contributed by atoms with Crippen LogP contribution in [0.3, 0.4) is 0 Å². The van der Waals surface area contributed by atoms with Crippen molar-refractivity contribution in [3.8, 4) is 0 Å². The Morgan fingerprint density at radius 1 is 1.10 bits per heavy atom. The van der Waals surface area contributed by atoms with Crippen LogP contribution in [0.1, 0.15) is 18.9 Å². The first-order valence-corrected chi connectivity index (χ1v) is 8.53. The van der Waals surface area contributed by atoms with E-state index in [-0.39, 0.29) is 72.3 Å². The third-order valence-corrected chi connectivity index (χ3v) is 4.60. The molecule has 1 aliphatic rings. The third kappa shape index (κ3) is 6.78. The monoisotopic (exact) mass is 399 g/mol. The standard InChI is InChI=1S/C16H20P.3ClH.Ti/c1-16(13-17(2)3,15-11-7-8-12-15)14-9-5-4-6-10-14;;;;/h4-7,9-11H,8,13H2,1-3H3;3*1H;/q-1;;;;. The zero-order valence-corrected chi connectivity index (χ0v) is 17.5. The van der Waals surface area contributed by atoms with Crippen LogP contribution in [0.2, 0.25) is 0 Å². The quantitative estimate of drug-likeness (QED) is 0.349. The minimum absolute atomic E-state index is 0. The summed E-state index contributed by atoms with van der Waals surface area (Å²) in [5, 5.41) is 0. The van der Waals surface area contributed by atoms with E-state index in [2.05, 4.69) is 68.8 Å². The molecule has 0 fully saturated rings. The van der Waals surface area contributed by atoms with Crippen molar-refractivity contribution in [1.82, 2.24) is 0 Å². The second kappa shape index (κ2) is 12.2. The van der Waals surface area contributed by atoms with Gasteiger partial charge in [-0.05, 0) is 30.5 Å². The van der Waals surface area contributed by atoms with Crippen molar-refractivity contribution >= 4 is 45.1 Å². The van der Waals surface area contributed by atoms with Crippen molar-refractivity contribution in [2.75, 3.05) is 19.5 Å². The zero-order valence-electron chi connectivity index (χ0n) is 12.6. The summed E-state index contributed by atoms with van der Waals surface area (Å²) >= 11 is 0. The normalized spacial score (nSPS) is 14.8. The van der Waals surface area contributed by atoms with Crippen LogP contribution in [0.15, 0.2) is 48.1 Å². The minimum Gasteiger partial charge on any atom is -0.269 e. The van der Waals surface area contributed by atoms with Crippen LogP contribution in [0.25, 0.3) is 0 Å². The van der Waals surface area contributed by atoms with Crippen LogP contribution in [-0.4, -0.2) is 19.5 Å². The molecule has 0 aliphatic heterocycles. The molecule has 0 N–H and O–H groups in total. The van der Waals surface area contributed by atoms with Crippen LogP contribution >= 0.6 is 45.1 Å². The summed E-state index contributed by atoms with van der Waals surface area (Å²) < 4.78 is 0. The van der Waals surface area contributed by atoms with E-state index in [1.807, 2.05) is 0 Å². The summed E-state index contributed by atoms with van der Waals surface area (Å²) in [6.45, 7) is 7.08. The Hall–Kier alpha value is 0.714. The molecule has 0 aromatic heterocycles. The van der Waals surface area contributed by atoms with Gasteiger partial charge in [0.2, 0.25) is 0 Å². The van der Waals surface area contributed by atoms with Gasteiger partial charge in [0.15, 0.2) is 0 Å². The summed E-state index contributed by atoms with van der Waals surface area (Å²) in [5.41, 5.74) is 2.94. The third-order valence-electron chi connectivity index (χ3n) is 3.33. The number of hydrogen-bond donors (Lipinski definition) is 0. The Bertz CT molecular complexity index is 446. The fourth-order valence-electron chi connectivity index (χ4n) is 2.55. The van der Waals surface area contributed by atoms with E-state index in [0.29, 0.717) is 0 Å². The van der Waals surface area contributed by atoms with E-state index < -0.39 is 0 Å². The van der Waals surface area contributed by atoms with Gasteiger partial charge in [-0.1, -0.05) is 37.3 Å². The van der Waals surface area contributed by atoms with E-state index in [1.165, 1.54) is 17.3 Å². The van der Waals surface area contributed by atoms with E-state index in [0.717, 1.165) is 6.42 Å². The van der Waals surface area contributed by atoms with E-state index in [4.69, 9.17) is 0 Å². The minimum atomic E-state index is 0. The van der Waals surface area contributed by atoms with E-state index in [1.54, 1.807) is 0 Å². The summed E-state index contributed by atoms with van der Waals surface area (Å²) in [4.78, 5) is 0. The summed E-state index contributed by atoms with van der Waals surface area (Å²) in [7, 11) is 0.0771. The van der Waals surface area contributed by atoms with E-state index >= 15 is 0 Å². The second-order valence-electron chi connectivity index (χ2n) is 5.13. The van der Waals surface area contributed by atoms with Crippen molar-refractivity contribution < 1.29 is 21.7 Å². The number of benzene rings is 1. The van der Waals surface area contributed by atoms with Crippen LogP contribution in [0.5, 0.6) is 0 Å². The average molecular weight is 401 g/mol. The molecule has 0 bridgehead atoms. The van der Waals surface area contributed by atoms with Gasteiger partial charge in [-0.3, -0.25) is 6.08 Å². The van der Waals surface area contributed by atoms with Gasteiger partial charge in [0.05, 0.1) is 0 Å². The summed E-state index contributed by atoms with van der Waals surface area (Å²) in [5.74, 6) is 0.